The molecule has 0 radical (unpaired) electrons. The molecule has 1 saturated heterocycles. The molecular formula is C15H18IN3O2. The lowest BCUT2D eigenvalue weighted by Crippen LogP contribution is -2.43. The molecule has 0 N–H and O–H groups in total. The van der Waals surface area contributed by atoms with E-state index in [2.05, 4.69) is 39.4 Å². The fourth-order valence-corrected chi connectivity index (χ4v) is 3.25. The van der Waals surface area contributed by atoms with E-state index >= 15 is 0 Å². The normalized spacial score (nSPS) is 19.1. The summed E-state index contributed by atoms with van der Waals surface area (Å²) in [5.74, 6) is 0.758. The molecule has 0 saturated carbocycles. The number of pyridine rings is 1. The summed E-state index contributed by atoms with van der Waals surface area (Å²) in [7, 11) is 0. The molecule has 0 spiro atoms. The van der Waals surface area contributed by atoms with Gasteiger partial charge in [0.15, 0.2) is 5.65 Å². The first-order valence-electron chi connectivity index (χ1n) is 7.23. The molecule has 1 aliphatic heterocycles. The number of aromatic nitrogens is 2. The highest BCUT2D eigenvalue weighted by molar-refractivity contribution is 14.1. The van der Waals surface area contributed by atoms with Crippen LogP contribution >= 0.6 is 22.6 Å². The molecule has 6 heteroatoms. The van der Waals surface area contributed by atoms with Gasteiger partial charge in [-0.25, -0.2) is 4.98 Å². The van der Waals surface area contributed by atoms with E-state index in [1.54, 1.807) is 16.7 Å². The number of anilines is 1. The number of ether oxygens (including phenoxy) is 1. The zero-order chi connectivity index (χ0) is 14.8. The minimum atomic E-state index is -0.0351. The van der Waals surface area contributed by atoms with E-state index in [1.807, 2.05) is 12.1 Å². The average molecular weight is 399 g/mol. The van der Waals surface area contributed by atoms with E-state index in [0.29, 0.717) is 6.61 Å². The zero-order valence-electron chi connectivity index (χ0n) is 12.0. The number of halogens is 1. The predicted octanol–water partition coefficient (Wildman–Crippen LogP) is 2.30. The summed E-state index contributed by atoms with van der Waals surface area (Å²) in [6.07, 6.45) is 4.14. The molecule has 1 atom stereocenters. The highest BCUT2D eigenvalue weighted by Gasteiger charge is 2.21. The zero-order valence-corrected chi connectivity index (χ0v) is 14.1. The van der Waals surface area contributed by atoms with Crippen LogP contribution in [0.2, 0.25) is 0 Å². The average Bonchev–Trinajstić information content (AvgIpc) is 2.49. The van der Waals surface area contributed by atoms with Crippen molar-refractivity contribution in [1.82, 2.24) is 9.38 Å². The molecular weight excluding hydrogens is 381 g/mol. The van der Waals surface area contributed by atoms with Crippen molar-refractivity contribution in [1.29, 1.82) is 0 Å². The maximum absolute atomic E-state index is 12.3. The minimum Gasteiger partial charge on any atom is -0.375 e. The van der Waals surface area contributed by atoms with Crippen LogP contribution in [0.4, 0.5) is 5.82 Å². The van der Waals surface area contributed by atoms with Gasteiger partial charge in [-0.2, -0.15) is 0 Å². The van der Waals surface area contributed by atoms with Crippen molar-refractivity contribution in [2.75, 3.05) is 24.6 Å². The Kier molecular flexibility index (Phi) is 4.44. The van der Waals surface area contributed by atoms with Gasteiger partial charge < -0.3 is 9.64 Å². The van der Waals surface area contributed by atoms with Crippen molar-refractivity contribution in [3.63, 3.8) is 0 Å². The number of hydrogen-bond donors (Lipinski definition) is 0. The van der Waals surface area contributed by atoms with E-state index in [-0.39, 0.29) is 11.7 Å². The SMILES string of the molecule is CCCC1CN(c2cc(=O)n3cccc(I)c3n2)CCO1. The monoisotopic (exact) mass is 399 g/mol. The molecule has 1 unspecified atom stereocenters. The molecule has 0 amide bonds. The summed E-state index contributed by atoms with van der Waals surface area (Å²) < 4.78 is 8.33. The van der Waals surface area contributed by atoms with Crippen LogP contribution in [0.15, 0.2) is 29.2 Å². The summed E-state index contributed by atoms with van der Waals surface area (Å²) in [6, 6.07) is 5.45. The Bertz CT molecular complexity index is 699. The second-order valence-electron chi connectivity index (χ2n) is 5.23. The van der Waals surface area contributed by atoms with E-state index in [9.17, 15) is 4.79 Å². The topological polar surface area (TPSA) is 46.8 Å². The quantitative estimate of drug-likeness (QED) is 0.744. The third kappa shape index (κ3) is 3.06. The van der Waals surface area contributed by atoms with Crippen LogP contribution < -0.4 is 10.5 Å². The van der Waals surface area contributed by atoms with E-state index in [4.69, 9.17) is 4.74 Å². The van der Waals surface area contributed by atoms with Crippen LogP contribution in [-0.2, 0) is 4.74 Å². The van der Waals surface area contributed by atoms with Gasteiger partial charge in [-0.05, 0) is 41.1 Å². The molecule has 0 bridgehead atoms. The third-order valence-electron chi connectivity index (χ3n) is 3.70. The Morgan fingerprint density at radius 3 is 3.19 bits per heavy atom. The lowest BCUT2D eigenvalue weighted by Gasteiger charge is -2.33. The number of nitrogens with zero attached hydrogens (tertiary/aromatic N) is 3. The van der Waals surface area contributed by atoms with Crippen LogP contribution in [-0.4, -0.2) is 35.2 Å². The fourth-order valence-electron chi connectivity index (χ4n) is 2.67. The molecule has 0 aliphatic carbocycles. The second-order valence-corrected chi connectivity index (χ2v) is 6.39. The van der Waals surface area contributed by atoms with Crippen LogP contribution in [0.25, 0.3) is 5.65 Å². The number of fused-ring (bicyclic) bond motifs is 1. The first-order valence-corrected chi connectivity index (χ1v) is 8.31. The van der Waals surface area contributed by atoms with Gasteiger partial charge in [0.2, 0.25) is 0 Å². The maximum Gasteiger partial charge on any atom is 0.259 e. The third-order valence-corrected chi connectivity index (χ3v) is 4.55. The minimum absolute atomic E-state index is 0.0351. The predicted molar refractivity (Wildman–Crippen MR) is 91.0 cm³/mol. The van der Waals surface area contributed by atoms with Crippen molar-refractivity contribution in [3.05, 3.63) is 38.3 Å². The molecule has 3 rings (SSSR count). The van der Waals surface area contributed by atoms with Gasteiger partial charge in [-0.1, -0.05) is 13.3 Å². The van der Waals surface area contributed by atoms with Crippen LogP contribution in [0, 0.1) is 3.57 Å². The van der Waals surface area contributed by atoms with Crippen LogP contribution in [0.5, 0.6) is 0 Å². The van der Waals surface area contributed by atoms with Crippen LogP contribution in [0.1, 0.15) is 19.8 Å². The molecule has 1 fully saturated rings. The summed E-state index contributed by atoms with van der Waals surface area (Å²) in [6.45, 7) is 4.44. The summed E-state index contributed by atoms with van der Waals surface area (Å²) in [4.78, 5) is 19.1. The van der Waals surface area contributed by atoms with Crippen molar-refractivity contribution in [2.24, 2.45) is 0 Å². The van der Waals surface area contributed by atoms with E-state index < -0.39 is 0 Å². The highest BCUT2D eigenvalue weighted by Crippen LogP contribution is 2.18. The van der Waals surface area contributed by atoms with Crippen LogP contribution in [0.3, 0.4) is 0 Å². The largest absolute Gasteiger partial charge is 0.375 e. The smallest absolute Gasteiger partial charge is 0.259 e. The van der Waals surface area contributed by atoms with Gasteiger partial charge in [0.25, 0.3) is 5.56 Å². The summed E-state index contributed by atoms with van der Waals surface area (Å²) in [5, 5.41) is 0. The highest BCUT2D eigenvalue weighted by atomic mass is 127. The van der Waals surface area contributed by atoms with Crippen molar-refractivity contribution in [2.45, 2.75) is 25.9 Å². The Hall–Kier alpha value is -1.15. The summed E-state index contributed by atoms with van der Waals surface area (Å²) in [5.41, 5.74) is 0.686. The van der Waals surface area contributed by atoms with Crippen molar-refractivity contribution >= 4 is 34.1 Å². The lowest BCUT2D eigenvalue weighted by molar-refractivity contribution is 0.0346. The Balaban J connectivity index is 1.97. The van der Waals surface area contributed by atoms with Crippen molar-refractivity contribution < 1.29 is 4.74 Å². The van der Waals surface area contributed by atoms with Gasteiger partial charge in [-0.15, -0.1) is 0 Å². The Morgan fingerprint density at radius 2 is 2.38 bits per heavy atom. The molecule has 3 heterocycles. The second kappa shape index (κ2) is 6.31. The molecule has 112 valence electrons. The molecule has 5 nitrogen and oxygen atoms in total. The van der Waals surface area contributed by atoms with Gasteiger partial charge >= 0.3 is 0 Å². The molecule has 1 aliphatic rings. The van der Waals surface area contributed by atoms with Gasteiger partial charge in [0.05, 0.1) is 16.3 Å². The molecule has 2 aromatic heterocycles. The fraction of sp³-hybridized carbons (Fsp3) is 0.467. The molecule has 21 heavy (non-hydrogen) atoms. The van der Waals surface area contributed by atoms with E-state index in [0.717, 1.165) is 41.0 Å². The first kappa shape index (κ1) is 14.8. The molecule has 0 aromatic carbocycles. The van der Waals surface area contributed by atoms with Gasteiger partial charge in [0.1, 0.15) is 5.82 Å². The maximum atomic E-state index is 12.3. The summed E-state index contributed by atoms with van der Waals surface area (Å²) >= 11 is 2.21. The number of morpholine rings is 1. The van der Waals surface area contributed by atoms with Crippen molar-refractivity contribution in [3.8, 4) is 0 Å². The molecule has 2 aromatic rings. The van der Waals surface area contributed by atoms with Gasteiger partial charge in [0, 0.05) is 25.4 Å². The van der Waals surface area contributed by atoms with Gasteiger partial charge in [-0.3, -0.25) is 9.20 Å². The lowest BCUT2D eigenvalue weighted by atomic mass is 10.1. The number of hydrogen-bond acceptors (Lipinski definition) is 4. The Morgan fingerprint density at radius 1 is 1.52 bits per heavy atom. The number of rotatable bonds is 3. The Labute approximate surface area is 137 Å². The standard InChI is InChI=1S/C15H18IN3O2/c1-2-4-11-10-18(7-8-21-11)13-9-14(20)19-6-3-5-12(16)15(19)17-13/h3,5-6,9,11H,2,4,7-8,10H2,1H3. The van der Waals surface area contributed by atoms with E-state index in [1.165, 1.54) is 0 Å². The first-order chi connectivity index (χ1) is 10.2.